The van der Waals surface area contributed by atoms with Crippen LogP contribution in [0.2, 0.25) is 0 Å². The number of benzene rings is 1. The molecule has 0 spiro atoms. The zero-order chi connectivity index (χ0) is 19.1. The lowest BCUT2D eigenvalue weighted by atomic mass is 9.95. The molecule has 1 saturated heterocycles. The SMILES string of the molecule is CC(O)c1nc2cc(-n3ccnc3C3CCN(C(C)C)CC3)ccc2n1C. The molecule has 2 aromatic heterocycles. The molecule has 1 fully saturated rings. The number of imidazole rings is 2. The molecule has 1 unspecified atom stereocenters. The van der Waals surface area contributed by atoms with Gasteiger partial charge in [-0.2, -0.15) is 0 Å². The molecule has 1 aromatic carbocycles. The highest BCUT2D eigenvalue weighted by Gasteiger charge is 2.25. The van der Waals surface area contributed by atoms with Gasteiger partial charge in [0.05, 0.1) is 11.0 Å². The Hall–Kier alpha value is -2.18. The molecule has 6 nitrogen and oxygen atoms in total. The summed E-state index contributed by atoms with van der Waals surface area (Å²) < 4.78 is 4.16. The van der Waals surface area contributed by atoms with Crippen molar-refractivity contribution >= 4 is 11.0 Å². The number of aryl methyl sites for hydroxylation is 1. The number of likely N-dealkylation sites (tertiary alicyclic amines) is 1. The Kier molecular flexibility index (Phi) is 4.78. The summed E-state index contributed by atoms with van der Waals surface area (Å²) in [6, 6.07) is 6.90. The van der Waals surface area contributed by atoms with Gasteiger partial charge in [0.1, 0.15) is 17.8 Å². The number of hydrogen-bond acceptors (Lipinski definition) is 4. The van der Waals surface area contributed by atoms with Gasteiger partial charge < -0.3 is 19.1 Å². The third kappa shape index (κ3) is 3.28. The second kappa shape index (κ2) is 7.09. The van der Waals surface area contributed by atoms with Crippen LogP contribution in [0.3, 0.4) is 0 Å². The molecule has 1 aliphatic heterocycles. The van der Waals surface area contributed by atoms with Crippen LogP contribution in [0.25, 0.3) is 16.7 Å². The molecule has 4 rings (SSSR count). The quantitative estimate of drug-likeness (QED) is 0.768. The molecule has 144 valence electrons. The zero-order valence-electron chi connectivity index (χ0n) is 16.6. The standard InChI is InChI=1S/C21H29N5O/c1-14(2)25-10-7-16(8-11-25)21-22-9-12-26(21)17-5-6-19-18(13-17)23-20(15(3)27)24(19)4/h5-6,9,12-16,27H,7-8,10-11H2,1-4H3. The molecule has 3 aromatic rings. The molecule has 1 atom stereocenters. The average Bonchev–Trinajstić information content (AvgIpc) is 3.26. The smallest absolute Gasteiger partial charge is 0.138 e. The first-order chi connectivity index (χ1) is 13.0. The molecular weight excluding hydrogens is 338 g/mol. The van der Waals surface area contributed by atoms with Crippen molar-refractivity contribution in [2.45, 2.75) is 51.7 Å². The van der Waals surface area contributed by atoms with Gasteiger partial charge in [-0.1, -0.05) is 0 Å². The van der Waals surface area contributed by atoms with Crippen LogP contribution in [0.4, 0.5) is 0 Å². The molecule has 0 radical (unpaired) electrons. The summed E-state index contributed by atoms with van der Waals surface area (Å²) in [6.45, 7) is 8.55. The van der Waals surface area contributed by atoms with Gasteiger partial charge in [0, 0.05) is 37.1 Å². The highest BCUT2D eigenvalue weighted by molar-refractivity contribution is 5.78. The van der Waals surface area contributed by atoms with Crippen molar-refractivity contribution in [3.63, 3.8) is 0 Å². The second-order valence-corrected chi connectivity index (χ2v) is 7.94. The first-order valence-electron chi connectivity index (χ1n) is 9.87. The van der Waals surface area contributed by atoms with Crippen LogP contribution >= 0.6 is 0 Å². The van der Waals surface area contributed by atoms with Crippen LogP contribution in [-0.4, -0.2) is 48.2 Å². The van der Waals surface area contributed by atoms with Gasteiger partial charge >= 0.3 is 0 Å². The van der Waals surface area contributed by atoms with E-state index in [1.807, 2.05) is 24.0 Å². The number of piperidine rings is 1. The highest BCUT2D eigenvalue weighted by atomic mass is 16.3. The molecule has 1 aliphatic rings. The molecule has 0 bridgehead atoms. The van der Waals surface area contributed by atoms with Crippen molar-refractivity contribution in [2.75, 3.05) is 13.1 Å². The maximum absolute atomic E-state index is 9.93. The van der Waals surface area contributed by atoms with Crippen molar-refractivity contribution in [1.29, 1.82) is 0 Å². The zero-order valence-corrected chi connectivity index (χ0v) is 16.6. The van der Waals surface area contributed by atoms with Crippen LogP contribution in [0, 0.1) is 0 Å². The minimum atomic E-state index is -0.583. The maximum atomic E-state index is 9.93. The predicted octanol–water partition coefficient (Wildman–Crippen LogP) is 3.40. The van der Waals surface area contributed by atoms with E-state index in [1.54, 1.807) is 6.92 Å². The van der Waals surface area contributed by atoms with Crippen LogP contribution in [-0.2, 0) is 7.05 Å². The van der Waals surface area contributed by atoms with Crippen molar-refractivity contribution in [2.24, 2.45) is 7.05 Å². The van der Waals surface area contributed by atoms with Gasteiger partial charge in [0.25, 0.3) is 0 Å². The summed E-state index contributed by atoms with van der Waals surface area (Å²) in [7, 11) is 1.95. The minimum Gasteiger partial charge on any atom is -0.385 e. The predicted molar refractivity (Wildman–Crippen MR) is 107 cm³/mol. The van der Waals surface area contributed by atoms with Gasteiger partial charge in [0.2, 0.25) is 0 Å². The molecule has 0 amide bonds. The molecule has 1 N–H and O–H groups in total. The van der Waals surface area contributed by atoms with Gasteiger partial charge in [-0.15, -0.1) is 0 Å². The topological polar surface area (TPSA) is 59.1 Å². The van der Waals surface area contributed by atoms with E-state index in [4.69, 9.17) is 4.98 Å². The molecule has 27 heavy (non-hydrogen) atoms. The Morgan fingerprint density at radius 1 is 1.15 bits per heavy atom. The number of aliphatic hydroxyl groups excluding tert-OH is 1. The average molecular weight is 367 g/mol. The Bertz CT molecular complexity index is 931. The second-order valence-electron chi connectivity index (χ2n) is 7.94. The van der Waals surface area contributed by atoms with E-state index in [0.717, 1.165) is 48.5 Å². The lowest BCUT2D eigenvalue weighted by Crippen LogP contribution is -2.38. The number of aromatic nitrogens is 4. The summed E-state index contributed by atoms with van der Waals surface area (Å²) in [6.07, 6.45) is 5.65. The van der Waals surface area contributed by atoms with Gasteiger partial charge in [-0.25, -0.2) is 9.97 Å². The van der Waals surface area contributed by atoms with Gasteiger partial charge in [-0.05, 0) is 64.9 Å². The van der Waals surface area contributed by atoms with Crippen molar-refractivity contribution in [3.8, 4) is 5.69 Å². The van der Waals surface area contributed by atoms with Gasteiger partial charge in [0.15, 0.2) is 0 Å². The fourth-order valence-electron chi connectivity index (χ4n) is 4.24. The van der Waals surface area contributed by atoms with E-state index in [1.165, 1.54) is 0 Å². The number of nitrogens with zero attached hydrogens (tertiary/aromatic N) is 5. The summed E-state index contributed by atoms with van der Waals surface area (Å²) in [5.41, 5.74) is 3.01. The number of aliphatic hydroxyl groups is 1. The van der Waals surface area contributed by atoms with Crippen molar-refractivity contribution < 1.29 is 5.11 Å². The lowest BCUT2D eigenvalue weighted by molar-refractivity contribution is 0.169. The van der Waals surface area contributed by atoms with E-state index in [-0.39, 0.29) is 0 Å². The largest absolute Gasteiger partial charge is 0.385 e. The number of rotatable bonds is 4. The van der Waals surface area contributed by atoms with Crippen molar-refractivity contribution in [3.05, 3.63) is 42.2 Å². The summed E-state index contributed by atoms with van der Waals surface area (Å²) >= 11 is 0. The Balaban J connectivity index is 1.64. The fraction of sp³-hybridized carbons (Fsp3) is 0.524. The Labute approximate surface area is 160 Å². The summed E-state index contributed by atoms with van der Waals surface area (Å²) in [5, 5.41) is 9.93. The normalized spacial score (nSPS) is 17.9. The summed E-state index contributed by atoms with van der Waals surface area (Å²) in [4.78, 5) is 11.9. The van der Waals surface area contributed by atoms with E-state index in [2.05, 4.69) is 46.5 Å². The van der Waals surface area contributed by atoms with Crippen LogP contribution in [0.15, 0.2) is 30.6 Å². The molecule has 0 saturated carbocycles. The first kappa shape index (κ1) is 18.2. The van der Waals surface area contributed by atoms with Crippen LogP contribution in [0.5, 0.6) is 0 Å². The molecule has 0 aliphatic carbocycles. The molecule has 6 heteroatoms. The van der Waals surface area contributed by atoms with E-state index in [0.29, 0.717) is 17.8 Å². The van der Waals surface area contributed by atoms with Crippen LogP contribution < -0.4 is 0 Å². The third-order valence-corrected chi connectivity index (χ3v) is 5.85. The van der Waals surface area contributed by atoms with E-state index in [9.17, 15) is 5.11 Å². The maximum Gasteiger partial charge on any atom is 0.138 e. The monoisotopic (exact) mass is 367 g/mol. The Morgan fingerprint density at radius 2 is 1.89 bits per heavy atom. The minimum absolute atomic E-state index is 0.488. The molecular formula is C21H29N5O. The van der Waals surface area contributed by atoms with Crippen LogP contribution in [0.1, 0.15) is 57.3 Å². The fourth-order valence-corrected chi connectivity index (χ4v) is 4.24. The Morgan fingerprint density at radius 3 is 2.56 bits per heavy atom. The van der Waals surface area contributed by atoms with Gasteiger partial charge in [-0.3, -0.25) is 0 Å². The van der Waals surface area contributed by atoms with E-state index < -0.39 is 6.10 Å². The third-order valence-electron chi connectivity index (χ3n) is 5.85. The highest BCUT2D eigenvalue weighted by Crippen LogP contribution is 2.30. The molecule has 3 heterocycles. The van der Waals surface area contributed by atoms with E-state index >= 15 is 0 Å². The number of hydrogen-bond donors (Lipinski definition) is 1. The van der Waals surface area contributed by atoms with Crippen molar-refractivity contribution in [1.82, 2.24) is 24.0 Å². The number of fused-ring (bicyclic) bond motifs is 1. The summed E-state index contributed by atoms with van der Waals surface area (Å²) in [5.74, 6) is 2.32. The lowest BCUT2D eigenvalue weighted by Gasteiger charge is -2.34. The first-order valence-corrected chi connectivity index (χ1v) is 9.87.